The molecule has 0 unspecified atom stereocenters. The maximum atomic E-state index is 13.2. The normalized spacial score (nSPS) is 11.0. The minimum Gasteiger partial charge on any atom is -0.339 e. The van der Waals surface area contributed by atoms with Crippen molar-refractivity contribution < 1.29 is 9.18 Å². The molecule has 0 spiro atoms. The van der Waals surface area contributed by atoms with Gasteiger partial charge in [0.15, 0.2) is 0 Å². The summed E-state index contributed by atoms with van der Waals surface area (Å²) >= 11 is 5.96. The Morgan fingerprint density at radius 3 is 2.53 bits per heavy atom. The molecule has 0 aliphatic heterocycles. The third-order valence-electron chi connectivity index (χ3n) is 5.01. The molecule has 30 heavy (non-hydrogen) atoms. The predicted molar refractivity (Wildman–Crippen MR) is 117 cm³/mol. The second kappa shape index (κ2) is 8.16. The Hall–Kier alpha value is -3.38. The number of nitrogens with zero attached hydrogens (tertiary/aromatic N) is 2. The molecule has 2 heterocycles. The number of carbonyl (C=O) groups excluding carboxylic acids is 1. The van der Waals surface area contributed by atoms with Gasteiger partial charge in [-0.15, -0.1) is 0 Å². The monoisotopic (exact) mass is 423 g/mol. The van der Waals surface area contributed by atoms with Crippen LogP contribution in [-0.4, -0.2) is 15.0 Å². The largest absolute Gasteiger partial charge is 0.339 e. The summed E-state index contributed by atoms with van der Waals surface area (Å²) in [4.78, 5) is 25.5. The zero-order chi connectivity index (χ0) is 21.3. The number of pyridine rings is 1. The van der Waals surface area contributed by atoms with E-state index in [2.05, 4.69) is 5.32 Å². The summed E-state index contributed by atoms with van der Waals surface area (Å²) in [5.74, 6) is -0.920. The number of fused-ring (bicyclic) bond motifs is 1. The van der Waals surface area contributed by atoms with E-state index in [1.165, 1.54) is 16.7 Å². The molecule has 152 valence electrons. The molecule has 1 N–H and O–H groups in total. The van der Waals surface area contributed by atoms with Crippen LogP contribution in [0.15, 0.2) is 71.8 Å². The van der Waals surface area contributed by atoms with E-state index in [1.807, 2.05) is 54.1 Å². The van der Waals surface area contributed by atoms with Gasteiger partial charge in [-0.1, -0.05) is 35.9 Å². The van der Waals surface area contributed by atoms with Crippen molar-refractivity contribution in [2.24, 2.45) is 0 Å². The van der Waals surface area contributed by atoms with Crippen molar-refractivity contribution in [3.05, 3.63) is 99.3 Å². The van der Waals surface area contributed by atoms with Crippen LogP contribution in [0.1, 0.15) is 11.1 Å². The first kappa shape index (κ1) is 19.9. The molecule has 4 aromatic rings. The van der Waals surface area contributed by atoms with Gasteiger partial charge in [-0.3, -0.25) is 9.59 Å². The summed E-state index contributed by atoms with van der Waals surface area (Å²) in [6.07, 6.45) is 3.47. The van der Waals surface area contributed by atoms with Crippen molar-refractivity contribution in [1.82, 2.24) is 9.13 Å². The second-order valence-corrected chi connectivity index (χ2v) is 7.50. The van der Waals surface area contributed by atoms with Crippen molar-refractivity contribution in [3.8, 4) is 0 Å². The molecule has 0 aliphatic rings. The quantitative estimate of drug-likeness (QED) is 0.510. The second-order valence-electron chi connectivity index (χ2n) is 7.10. The first-order valence-corrected chi connectivity index (χ1v) is 9.78. The summed E-state index contributed by atoms with van der Waals surface area (Å²) in [6.45, 7) is 2.41. The van der Waals surface area contributed by atoms with Gasteiger partial charge >= 0.3 is 0 Å². The number of aryl methyl sites for hydroxylation is 1. The lowest BCUT2D eigenvalue weighted by Gasteiger charge is -2.11. The molecule has 7 heteroatoms. The summed E-state index contributed by atoms with van der Waals surface area (Å²) in [7, 11) is 0. The average Bonchev–Trinajstić information content (AvgIpc) is 3.12. The van der Waals surface area contributed by atoms with Crippen LogP contribution in [0, 0.1) is 12.7 Å². The minimum absolute atomic E-state index is 0.0956. The Morgan fingerprint density at radius 1 is 1.07 bits per heavy atom. The number of anilines is 1. The lowest BCUT2D eigenvalue weighted by Crippen LogP contribution is -2.28. The highest BCUT2D eigenvalue weighted by atomic mass is 35.5. The van der Waals surface area contributed by atoms with Crippen molar-refractivity contribution in [1.29, 1.82) is 0 Å². The van der Waals surface area contributed by atoms with Crippen molar-refractivity contribution in [2.45, 2.75) is 20.0 Å². The number of hydrogen-bond donors (Lipinski definition) is 1. The van der Waals surface area contributed by atoms with Gasteiger partial charge in [-0.25, -0.2) is 4.39 Å². The van der Waals surface area contributed by atoms with Crippen LogP contribution >= 0.6 is 11.6 Å². The highest BCUT2D eigenvalue weighted by Gasteiger charge is 2.13. The third kappa shape index (κ3) is 4.00. The molecule has 4 rings (SSSR count). The summed E-state index contributed by atoms with van der Waals surface area (Å²) in [5.41, 5.74) is 2.83. The number of hydrogen-bond acceptors (Lipinski definition) is 2. The van der Waals surface area contributed by atoms with E-state index in [0.29, 0.717) is 17.7 Å². The first-order chi connectivity index (χ1) is 14.4. The Bertz CT molecular complexity index is 1310. The maximum absolute atomic E-state index is 13.2. The molecule has 1 amide bonds. The molecule has 2 aromatic heterocycles. The van der Waals surface area contributed by atoms with E-state index >= 15 is 0 Å². The van der Waals surface area contributed by atoms with Gasteiger partial charge in [0, 0.05) is 24.3 Å². The first-order valence-electron chi connectivity index (χ1n) is 9.40. The van der Waals surface area contributed by atoms with Crippen LogP contribution in [0.5, 0.6) is 0 Å². The zero-order valence-electron chi connectivity index (χ0n) is 16.2. The highest BCUT2D eigenvalue weighted by Crippen LogP contribution is 2.22. The molecule has 5 nitrogen and oxygen atoms in total. The third-order valence-corrected chi connectivity index (χ3v) is 5.33. The smallest absolute Gasteiger partial charge is 0.275 e. The van der Waals surface area contributed by atoms with E-state index in [-0.39, 0.29) is 17.1 Å². The zero-order valence-corrected chi connectivity index (χ0v) is 17.0. The van der Waals surface area contributed by atoms with E-state index in [1.54, 1.807) is 6.20 Å². The van der Waals surface area contributed by atoms with Crippen LogP contribution < -0.4 is 10.9 Å². The van der Waals surface area contributed by atoms with Gasteiger partial charge < -0.3 is 14.5 Å². The fourth-order valence-corrected chi connectivity index (χ4v) is 3.62. The van der Waals surface area contributed by atoms with Crippen molar-refractivity contribution in [2.75, 3.05) is 5.32 Å². The Balaban J connectivity index is 1.61. The van der Waals surface area contributed by atoms with Gasteiger partial charge in [0.25, 0.3) is 5.56 Å². The number of benzene rings is 2. The van der Waals surface area contributed by atoms with E-state index in [4.69, 9.17) is 11.6 Å². The molecule has 0 saturated heterocycles. The Morgan fingerprint density at radius 2 is 1.80 bits per heavy atom. The summed E-state index contributed by atoms with van der Waals surface area (Å²) in [5, 5.41) is 3.52. The minimum atomic E-state index is -0.492. The molecule has 0 fully saturated rings. The summed E-state index contributed by atoms with van der Waals surface area (Å²) < 4.78 is 16.4. The molecule has 0 aliphatic carbocycles. The van der Waals surface area contributed by atoms with E-state index in [9.17, 15) is 14.0 Å². The number of aromatic nitrogens is 2. The van der Waals surface area contributed by atoms with Crippen LogP contribution in [0.2, 0.25) is 5.02 Å². The fraction of sp³-hybridized carbons (Fsp3) is 0.130. The van der Waals surface area contributed by atoms with E-state index in [0.717, 1.165) is 22.6 Å². The number of carbonyl (C=O) groups is 1. The molecule has 0 radical (unpaired) electrons. The maximum Gasteiger partial charge on any atom is 0.275 e. The van der Waals surface area contributed by atoms with Crippen LogP contribution in [0.4, 0.5) is 10.1 Å². The van der Waals surface area contributed by atoms with Crippen LogP contribution in [-0.2, 0) is 17.9 Å². The molecule has 0 atom stereocenters. The van der Waals surface area contributed by atoms with Gasteiger partial charge in [0.1, 0.15) is 17.9 Å². The topological polar surface area (TPSA) is 56.0 Å². The van der Waals surface area contributed by atoms with Gasteiger partial charge in [-0.05, 0) is 48.4 Å². The highest BCUT2D eigenvalue weighted by molar-refractivity contribution is 6.33. The van der Waals surface area contributed by atoms with Gasteiger partial charge in [0.05, 0.1) is 10.7 Å². The van der Waals surface area contributed by atoms with Gasteiger partial charge in [0.2, 0.25) is 5.91 Å². The van der Waals surface area contributed by atoms with E-state index < -0.39 is 11.7 Å². The predicted octanol–water partition coefficient (Wildman–Crippen LogP) is 4.59. The number of rotatable bonds is 5. The average molecular weight is 424 g/mol. The fourth-order valence-electron chi connectivity index (χ4n) is 3.41. The number of nitrogens with one attached hydrogen (secondary N) is 1. The van der Waals surface area contributed by atoms with Gasteiger partial charge in [-0.2, -0.15) is 0 Å². The molecule has 0 saturated carbocycles. The molecule has 0 bridgehead atoms. The Labute approximate surface area is 177 Å². The van der Waals surface area contributed by atoms with Crippen LogP contribution in [0.25, 0.3) is 10.9 Å². The van der Waals surface area contributed by atoms with Crippen molar-refractivity contribution >= 4 is 34.1 Å². The van der Waals surface area contributed by atoms with Crippen LogP contribution in [0.3, 0.4) is 0 Å². The standard InChI is InChI=1S/C23H19ClFN3O2/c1-15-4-2-3-5-17(15)13-27-10-8-16-9-11-28(23(30)22(16)27)14-21(29)26-20-7-6-18(25)12-19(20)24/h2-12H,13-14H2,1H3,(H,26,29). The molecular formula is C23H19ClFN3O2. The molecule has 2 aromatic carbocycles. The van der Waals surface area contributed by atoms with Crippen molar-refractivity contribution in [3.63, 3.8) is 0 Å². The lowest BCUT2D eigenvalue weighted by atomic mass is 10.1. The summed E-state index contributed by atoms with van der Waals surface area (Å²) in [6, 6.07) is 15.4. The number of halogens is 2. The SMILES string of the molecule is Cc1ccccc1Cn1ccc2ccn(CC(=O)Nc3ccc(F)cc3Cl)c(=O)c21. The molecular weight excluding hydrogens is 405 g/mol. The lowest BCUT2D eigenvalue weighted by molar-refractivity contribution is -0.116. The Kier molecular flexibility index (Phi) is 5.42. The number of amides is 1.